The molecule has 1 aliphatic rings. The minimum Gasteiger partial charge on any atom is -0.339 e. The van der Waals surface area contributed by atoms with E-state index in [1.165, 1.54) is 11.1 Å². The lowest BCUT2D eigenvalue weighted by Crippen LogP contribution is -2.24. The minimum absolute atomic E-state index is 0.0768. The van der Waals surface area contributed by atoms with Crippen molar-refractivity contribution in [1.82, 2.24) is 19.7 Å². The summed E-state index contributed by atoms with van der Waals surface area (Å²) in [5.41, 5.74) is 6.07. The monoisotopic (exact) mass is 387 g/mol. The van der Waals surface area contributed by atoms with Crippen LogP contribution in [0.25, 0.3) is 22.4 Å². The Morgan fingerprint density at radius 2 is 1.97 bits per heavy atom. The third-order valence-electron chi connectivity index (χ3n) is 5.70. The van der Waals surface area contributed by atoms with Gasteiger partial charge in [0, 0.05) is 31.3 Å². The number of aryl methyl sites for hydroxylation is 3. The number of aromatic nitrogens is 4. The molecule has 2 aromatic carbocycles. The van der Waals surface area contributed by atoms with Gasteiger partial charge in [0.05, 0.1) is 23.3 Å². The van der Waals surface area contributed by atoms with Gasteiger partial charge in [-0.25, -0.2) is 4.98 Å². The standard InChI is InChI=1S/C22H21N5O2/c1-13-4-6-17(8-14(13)2)27-11-16(10-20(27)28)22-24-21(25-29-22)15-5-7-19-18(9-15)23-12-26(19)3/h4-9,12,16H,10-11H2,1-3H3/t16-/m1/s1. The van der Waals surface area contributed by atoms with Crippen LogP contribution in [0.5, 0.6) is 0 Å². The first-order valence-electron chi connectivity index (χ1n) is 9.62. The number of fused-ring (bicyclic) bond motifs is 1. The van der Waals surface area contributed by atoms with Gasteiger partial charge in [0.1, 0.15) is 0 Å². The zero-order chi connectivity index (χ0) is 20.1. The maximum atomic E-state index is 12.6. The number of anilines is 1. The number of hydrogen-bond acceptors (Lipinski definition) is 5. The van der Waals surface area contributed by atoms with Gasteiger partial charge in [-0.3, -0.25) is 4.79 Å². The molecule has 0 spiro atoms. The number of rotatable bonds is 3. The number of hydrogen-bond donors (Lipinski definition) is 0. The van der Waals surface area contributed by atoms with Crippen LogP contribution in [0.1, 0.15) is 29.4 Å². The first-order valence-corrected chi connectivity index (χ1v) is 9.62. The van der Waals surface area contributed by atoms with Gasteiger partial charge in [0.2, 0.25) is 17.6 Å². The molecule has 7 heteroatoms. The van der Waals surface area contributed by atoms with Crippen LogP contribution in [-0.4, -0.2) is 32.1 Å². The van der Waals surface area contributed by atoms with Crippen molar-refractivity contribution >= 4 is 22.6 Å². The highest BCUT2D eigenvalue weighted by Crippen LogP contribution is 2.33. The van der Waals surface area contributed by atoms with E-state index in [-0.39, 0.29) is 11.8 Å². The molecule has 1 saturated heterocycles. The Labute approximate surface area is 168 Å². The van der Waals surface area contributed by atoms with Crippen molar-refractivity contribution in [3.63, 3.8) is 0 Å². The summed E-state index contributed by atoms with van der Waals surface area (Å²) in [4.78, 5) is 23.4. The molecule has 0 aliphatic carbocycles. The van der Waals surface area contributed by atoms with Crippen molar-refractivity contribution in [1.29, 1.82) is 0 Å². The number of carbonyl (C=O) groups excluding carboxylic acids is 1. The lowest BCUT2D eigenvalue weighted by Gasteiger charge is -2.17. The van der Waals surface area contributed by atoms with Crippen molar-refractivity contribution in [2.45, 2.75) is 26.2 Å². The highest BCUT2D eigenvalue weighted by molar-refractivity contribution is 5.96. The summed E-state index contributed by atoms with van der Waals surface area (Å²) >= 11 is 0. The van der Waals surface area contributed by atoms with E-state index < -0.39 is 0 Å². The fourth-order valence-electron chi connectivity index (χ4n) is 3.81. The first-order chi connectivity index (χ1) is 14.0. The van der Waals surface area contributed by atoms with Crippen LogP contribution in [0, 0.1) is 13.8 Å². The van der Waals surface area contributed by atoms with Crippen LogP contribution in [-0.2, 0) is 11.8 Å². The molecule has 5 rings (SSSR count). The summed E-state index contributed by atoms with van der Waals surface area (Å²) in [5.74, 6) is 0.988. The van der Waals surface area contributed by atoms with Crippen molar-refractivity contribution in [3.8, 4) is 11.4 Å². The molecular weight excluding hydrogens is 366 g/mol. The third-order valence-corrected chi connectivity index (χ3v) is 5.70. The first kappa shape index (κ1) is 17.6. The van der Waals surface area contributed by atoms with Crippen molar-refractivity contribution in [3.05, 3.63) is 59.7 Å². The SMILES string of the molecule is Cc1ccc(N2C[C@H](c3nc(-c4ccc5c(c4)ncn5C)no3)CC2=O)cc1C. The maximum absolute atomic E-state index is 12.6. The van der Waals surface area contributed by atoms with Gasteiger partial charge in [0.25, 0.3) is 0 Å². The number of nitrogens with zero attached hydrogens (tertiary/aromatic N) is 5. The summed E-state index contributed by atoms with van der Waals surface area (Å²) in [6.45, 7) is 4.66. The van der Waals surface area contributed by atoms with Gasteiger partial charge in [-0.1, -0.05) is 11.2 Å². The second-order valence-electron chi connectivity index (χ2n) is 7.69. The Hall–Kier alpha value is -3.48. The molecule has 7 nitrogen and oxygen atoms in total. The maximum Gasteiger partial charge on any atom is 0.232 e. The van der Waals surface area contributed by atoms with E-state index in [1.54, 1.807) is 11.2 Å². The molecule has 1 fully saturated rings. The smallest absolute Gasteiger partial charge is 0.232 e. The van der Waals surface area contributed by atoms with E-state index >= 15 is 0 Å². The topological polar surface area (TPSA) is 77.1 Å². The van der Waals surface area contributed by atoms with E-state index in [9.17, 15) is 4.79 Å². The van der Waals surface area contributed by atoms with E-state index in [0.29, 0.717) is 24.7 Å². The zero-order valence-electron chi connectivity index (χ0n) is 16.6. The lowest BCUT2D eigenvalue weighted by molar-refractivity contribution is -0.117. The number of benzene rings is 2. The summed E-state index contributed by atoms with van der Waals surface area (Å²) in [5, 5.41) is 4.14. The molecule has 2 aromatic heterocycles. The van der Waals surface area contributed by atoms with Crippen molar-refractivity contribution in [2.24, 2.45) is 7.05 Å². The molecule has 4 aromatic rings. The molecule has 29 heavy (non-hydrogen) atoms. The Morgan fingerprint density at radius 1 is 1.10 bits per heavy atom. The molecule has 0 saturated carbocycles. The number of amides is 1. The summed E-state index contributed by atoms with van der Waals surface area (Å²) in [6.07, 6.45) is 2.15. The molecule has 0 bridgehead atoms. The van der Waals surface area contributed by atoms with Gasteiger partial charge >= 0.3 is 0 Å². The normalized spacial score (nSPS) is 16.9. The minimum atomic E-state index is -0.107. The molecule has 1 amide bonds. The fourth-order valence-corrected chi connectivity index (χ4v) is 3.81. The van der Waals surface area contributed by atoms with Crippen LogP contribution < -0.4 is 4.90 Å². The van der Waals surface area contributed by atoms with Crippen LogP contribution in [0.15, 0.2) is 47.2 Å². The van der Waals surface area contributed by atoms with Gasteiger partial charge < -0.3 is 14.0 Å². The van der Waals surface area contributed by atoms with E-state index in [4.69, 9.17) is 4.52 Å². The van der Waals surface area contributed by atoms with Crippen LogP contribution in [0.2, 0.25) is 0 Å². The third kappa shape index (κ3) is 2.99. The van der Waals surface area contributed by atoms with Crippen LogP contribution in [0.4, 0.5) is 5.69 Å². The Balaban J connectivity index is 1.40. The second-order valence-corrected chi connectivity index (χ2v) is 7.69. The highest BCUT2D eigenvalue weighted by atomic mass is 16.5. The summed E-state index contributed by atoms with van der Waals surface area (Å²) < 4.78 is 7.49. The predicted octanol–water partition coefficient (Wildman–Crippen LogP) is 3.76. The highest BCUT2D eigenvalue weighted by Gasteiger charge is 2.35. The average Bonchev–Trinajstić information content (AvgIpc) is 3.43. The Bertz CT molecular complexity index is 1240. The molecular formula is C22H21N5O2. The predicted molar refractivity (Wildman–Crippen MR) is 110 cm³/mol. The lowest BCUT2D eigenvalue weighted by atomic mass is 10.1. The van der Waals surface area contributed by atoms with Gasteiger partial charge in [-0.15, -0.1) is 0 Å². The Morgan fingerprint density at radius 3 is 2.79 bits per heavy atom. The van der Waals surface area contributed by atoms with Crippen molar-refractivity contribution < 1.29 is 9.32 Å². The van der Waals surface area contributed by atoms with Gasteiger partial charge in [-0.2, -0.15) is 4.98 Å². The molecule has 0 N–H and O–H groups in total. The van der Waals surface area contributed by atoms with Gasteiger partial charge in [-0.05, 0) is 55.3 Å². The zero-order valence-corrected chi connectivity index (χ0v) is 16.6. The largest absolute Gasteiger partial charge is 0.339 e. The number of carbonyl (C=O) groups is 1. The van der Waals surface area contributed by atoms with Gasteiger partial charge in [0.15, 0.2) is 0 Å². The van der Waals surface area contributed by atoms with Crippen LogP contribution in [0.3, 0.4) is 0 Å². The van der Waals surface area contributed by atoms with Crippen molar-refractivity contribution in [2.75, 3.05) is 11.4 Å². The molecule has 1 atom stereocenters. The average molecular weight is 387 g/mol. The Kier molecular flexibility index (Phi) is 3.97. The van der Waals surface area contributed by atoms with E-state index in [1.807, 2.05) is 41.9 Å². The molecule has 146 valence electrons. The molecule has 0 radical (unpaired) electrons. The fraction of sp³-hybridized carbons (Fsp3) is 0.273. The number of imidazole rings is 1. The molecule has 0 unspecified atom stereocenters. The second kappa shape index (κ2) is 6.55. The summed E-state index contributed by atoms with van der Waals surface area (Å²) in [6, 6.07) is 12.0. The summed E-state index contributed by atoms with van der Waals surface area (Å²) in [7, 11) is 1.96. The molecule has 1 aliphatic heterocycles. The van der Waals surface area contributed by atoms with E-state index in [2.05, 4.69) is 35.0 Å². The van der Waals surface area contributed by atoms with Crippen LogP contribution >= 0.6 is 0 Å². The molecule has 3 heterocycles. The van der Waals surface area contributed by atoms with E-state index in [0.717, 1.165) is 22.3 Å². The quantitative estimate of drug-likeness (QED) is 0.535.